The van der Waals surface area contributed by atoms with Crippen LogP contribution in [0.5, 0.6) is 5.75 Å². The lowest BCUT2D eigenvalue weighted by Gasteiger charge is -2.10. The summed E-state index contributed by atoms with van der Waals surface area (Å²) < 4.78 is 39.4. The molecule has 0 fully saturated rings. The molecule has 2 N–H and O–H groups in total. The molecule has 0 atom stereocenters. The Morgan fingerprint density at radius 3 is 2.29 bits per heavy atom. The summed E-state index contributed by atoms with van der Waals surface area (Å²) in [7, 11) is 0. The highest BCUT2D eigenvalue weighted by atomic mass is 35.5. The number of nitrogens with zero attached hydrogens (tertiary/aromatic N) is 1. The molecule has 0 unspecified atom stereocenters. The first-order valence-electron chi connectivity index (χ1n) is 7.97. The summed E-state index contributed by atoms with van der Waals surface area (Å²) in [5.74, 6) is -2.06. The van der Waals surface area contributed by atoms with Gasteiger partial charge in [0, 0.05) is 16.6 Å². The highest BCUT2D eigenvalue weighted by molar-refractivity contribution is 6.33. The molecule has 1 aromatic heterocycles. The first kappa shape index (κ1) is 19.8. The zero-order chi connectivity index (χ0) is 20.8. The molecule has 0 aliphatic heterocycles. The maximum absolute atomic E-state index is 13.0. The van der Waals surface area contributed by atoms with Crippen LogP contribution in [0.3, 0.4) is 0 Å². The molecule has 0 aliphatic rings. The molecule has 0 aliphatic carbocycles. The van der Waals surface area contributed by atoms with Crippen LogP contribution in [0.15, 0.2) is 36.4 Å². The second-order valence-corrected chi connectivity index (χ2v) is 6.58. The number of fused-ring (bicyclic) bond motifs is 1. The standard InChI is InChI=1S/C19H13ClF3NO4/c1-9-12(7-17(26)27)13-6-16(25)14(20)8-15(13)24(9)18(28)10-2-4-11(5-3-10)19(21,22)23/h2-6,8,25H,7H2,1H3,(H,26,27). The normalized spacial score (nSPS) is 11.8. The van der Waals surface area contributed by atoms with E-state index in [4.69, 9.17) is 16.7 Å². The minimum atomic E-state index is -4.53. The fourth-order valence-corrected chi connectivity index (χ4v) is 3.21. The van der Waals surface area contributed by atoms with Crippen molar-refractivity contribution in [2.45, 2.75) is 19.5 Å². The van der Waals surface area contributed by atoms with Crippen LogP contribution in [0.2, 0.25) is 5.02 Å². The number of carboxylic acid groups (broad SMARTS) is 1. The quantitative estimate of drug-likeness (QED) is 0.658. The molecular formula is C19H13ClF3NO4. The van der Waals surface area contributed by atoms with Crippen molar-refractivity contribution in [1.82, 2.24) is 4.57 Å². The summed E-state index contributed by atoms with van der Waals surface area (Å²) >= 11 is 5.93. The number of hydrogen-bond donors (Lipinski definition) is 2. The van der Waals surface area contributed by atoms with Crippen molar-refractivity contribution < 1.29 is 33.0 Å². The Morgan fingerprint density at radius 1 is 1.14 bits per heavy atom. The number of halogens is 4. The average molecular weight is 412 g/mol. The maximum atomic E-state index is 13.0. The van der Waals surface area contributed by atoms with Crippen LogP contribution in [0.1, 0.15) is 27.2 Å². The molecule has 28 heavy (non-hydrogen) atoms. The van der Waals surface area contributed by atoms with Gasteiger partial charge in [0.1, 0.15) is 5.75 Å². The minimum Gasteiger partial charge on any atom is -0.506 e. The molecule has 0 amide bonds. The number of hydrogen-bond acceptors (Lipinski definition) is 3. The molecule has 0 saturated carbocycles. The third-order valence-electron chi connectivity index (χ3n) is 4.39. The van der Waals surface area contributed by atoms with Crippen molar-refractivity contribution in [1.29, 1.82) is 0 Å². The summed E-state index contributed by atoms with van der Waals surface area (Å²) in [5.41, 5.74) is -0.0584. The second kappa shape index (κ2) is 6.87. The Morgan fingerprint density at radius 2 is 1.75 bits per heavy atom. The van der Waals surface area contributed by atoms with Gasteiger partial charge in [0.2, 0.25) is 0 Å². The number of phenolic OH excluding ortho intramolecular Hbond substituents is 1. The van der Waals surface area contributed by atoms with E-state index in [1.807, 2.05) is 0 Å². The number of rotatable bonds is 3. The summed E-state index contributed by atoms with van der Waals surface area (Å²) in [4.78, 5) is 24.2. The zero-order valence-corrected chi connectivity index (χ0v) is 15.1. The molecule has 3 rings (SSSR count). The van der Waals surface area contributed by atoms with Gasteiger partial charge in [-0.1, -0.05) is 11.6 Å². The number of carboxylic acids is 1. The number of aromatic nitrogens is 1. The fraction of sp³-hybridized carbons (Fsp3) is 0.158. The van der Waals surface area contributed by atoms with Gasteiger partial charge in [-0.05, 0) is 48.9 Å². The fourth-order valence-electron chi connectivity index (χ4n) is 3.06. The third-order valence-corrected chi connectivity index (χ3v) is 4.70. The largest absolute Gasteiger partial charge is 0.506 e. The molecule has 0 saturated heterocycles. The van der Waals surface area contributed by atoms with Gasteiger partial charge in [0.25, 0.3) is 5.91 Å². The van der Waals surface area contributed by atoms with Gasteiger partial charge in [0.05, 0.1) is 22.5 Å². The van der Waals surface area contributed by atoms with Crippen LogP contribution < -0.4 is 0 Å². The Balaban J connectivity index is 2.19. The van der Waals surface area contributed by atoms with Gasteiger partial charge in [-0.25, -0.2) is 0 Å². The topological polar surface area (TPSA) is 79.5 Å². The first-order chi connectivity index (χ1) is 13.0. The zero-order valence-electron chi connectivity index (χ0n) is 14.3. The molecule has 1 heterocycles. The molecule has 5 nitrogen and oxygen atoms in total. The highest BCUT2D eigenvalue weighted by Gasteiger charge is 2.30. The molecule has 2 aromatic carbocycles. The van der Waals surface area contributed by atoms with Crippen LogP contribution in [-0.2, 0) is 17.4 Å². The number of alkyl halides is 3. The molecule has 9 heteroatoms. The van der Waals surface area contributed by atoms with Gasteiger partial charge in [-0.15, -0.1) is 0 Å². The Kier molecular flexibility index (Phi) is 4.84. The summed E-state index contributed by atoms with van der Waals surface area (Å²) in [5, 5.41) is 19.3. The van der Waals surface area contributed by atoms with Gasteiger partial charge < -0.3 is 10.2 Å². The first-order valence-corrected chi connectivity index (χ1v) is 8.34. The summed E-state index contributed by atoms with van der Waals surface area (Å²) in [6, 6.07) is 6.27. The van der Waals surface area contributed by atoms with E-state index in [1.54, 1.807) is 0 Å². The smallest absolute Gasteiger partial charge is 0.416 e. The Labute approximate surface area is 161 Å². The summed E-state index contributed by atoms with van der Waals surface area (Å²) in [6.07, 6.45) is -4.94. The molecule has 0 radical (unpaired) electrons. The molecule has 146 valence electrons. The number of benzene rings is 2. The van der Waals surface area contributed by atoms with E-state index in [2.05, 4.69) is 0 Å². The van der Waals surface area contributed by atoms with Crippen molar-refractivity contribution in [2.75, 3.05) is 0 Å². The number of aliphatic carboxylic acids is 1. The van der Waals surface area contributed by atoms with Crippen LogP contribution in [0.25, 0.3) is 10.9 Å². The van der Waals surface area contributed by atoms with Crippen LogP contribution >= 0.6 is 11.6 Å². The predicted molar refractivity (Wildman–Crippen MR) is 95.9 cm³/mol. The molecule has 3 aromatic rings. The SMILES string of the molecule is Cc1c(CC(=O)O)c2cc(O)c(Cl)cc2n1C(=O)c1ccc(C(F)(F)F)cc1. The third kappa shape index (κ3) is 3.43. The van der Waals surface area contributed by atoms with Crippen molar-refractivity contribution in [3.8, 4) is 5.75 Å². The van der Waals surface area contributed by atoms with Crippen molar-refractivity contribution >= 4 is 34.4 Å². The van der Waals surface area contributed by atoms with E-state index in [0.717, 1.165) is 24.3 Å². The molecule has 0 spiro atoms. The van der Waals surface area contributed by atoms with E-state index in [-0.39, 0.29) is 21.9 Å². The average Bonchev–Trinajstić information content (AvgIpc) is 2.85. The number of aromatic hydroxyl groups is 1. The molecule has 0 bridgehead atoms. The lowest BCUT2D eigenvalue weighted by atomic mass is 10.1. The van der Waals surface area contributed by atoms with E-state index < -0.39 is 30.0 Å². The lowest BCUT2D eigenvalue weighted by Crippen LogP contribution is -2.15. The van der Waals surface area contributed by atoms with E-state index in [1.165, 1.54) is 23.6 Å². The van der Waals surface area contributed by atoms with Gasteiger partial charge in [-0.3, -0.25) is 14.2 Å². The van der Waals surface area contributed by atoms with Crippen molar-refractivity contribution in [3.05, 3.63) is 63.8 Å². The monoisotopic (exact) mass is 411 g/mol. The maximum Gasteiger partial charge on any atom is 0.416 e. The lowest BCUT2D eigenvalue weighted by molar-refractivity contribution is -0.138. The number of carbonyl (C=O) groups excluding carboxylic acids is 1. The number of carbonyl (C=O) groups is 2. The van der Waals surface area contributed by atoms with E-state index >= 15 is 0 Å². The Hall–Kier alpha value is -3.00. The van der Waals surface area contributed by atoms with Crippen LogP contribution in [-0.4, -0.2) is 26.7 Å². The van der Waals surface area contributed by atoms with E-state index in [0.29, 0.717) is 16.6 Å². The van der Waals surface area contributed by atoms with Gasteiger partial charge in [-0.2, -0.15) is 13.2 Å². The number of phenols is 1. The minimum absolute atomic E-state index is 0.0147. The highest BCUT2D eigenvalue weighted by Crippen LogP contribution is 2.35. The van der Waals surface area contributed by atoms with Gasteiger partial charge in [0.15, 0.2) is 0 Å². The predicted octanol–water partition coefficient (Wildman–Crippen LogP) is 4.64. The van der Waals surface area contributed by atoms with Crippen molar-refractivity contribution in [3.63, 3.8) is 0 Å². The summed E-state index contributed by atoms with van der Waals surface area (Å²) in [6.45, 7) is 1.52. The second-order valence-electron chi connectivity index (χ2n) is 6.17. The Bertz CT molecular complexity index is 1100. The van der Waals surface area contributed by atoms with Crippen LogP contribution in [0, 0.1) is 6.92 Å². The van der Waals surface area contributed by atoms with Crippen molar-refractivity contribution in [2.24, 2.45) is 0 Å². The van der Waals surface area contributed by atoms with Crippen LogP contribution in [0.4, 0.5) is 13.2 Å². The van der Waals surface area contributed by atoms with E-state index in [9.17, 15) is 27.9 Å². The van der Waals surface area contributed by atoms with Gasteiger partial charge >= 0.3 is 12.1 Å². The molecular weight excluding hydrogens is 399 g/mol.